The molecule has 1 saturated heterocycles. The molecule has 0 bridgehead atoms. The maximum atomic E-state index is 12.7. The summed E-state index contributed by atoms with van der Waals surface area (Å²) in [5.41, 5.74) is 1.85. The van der Waals surface area contributed by atoms with E-state index in [0.29, 0.717) is 24.5 Å². The molecule has 3 aromatic rings. The monoisotopic (exact) mass is 431 g/mol. The van der Waals surface area contributed by atoms with Crippen LogP contribution in [0.25, 0.3) is 10.8 Å². The number of halogens is 1. The highest BCUT2D eigenvalue weighted by Crippen LogP contribution is 2.26. The van der Waals surface area contributed by atoms with Crippen LogP contribution in [0.15, 0.2) is 46.4 Å². The maximum Gasteiger partial charge on any atom is 0.228 e. The van der Waals surface area contributed by atoms with Gasteiger partial charge >= 0.3 is 0 Å². The quantitative estimate of drug-likeness (QED) is 0.591. The Bertz CT molecular complexity index is 965. The summed E-state index contributed by atoms with van der Waals surface area (Å²) in [6, 6.07) is 9.37. The molecule has 4 rings (SSSR count). The minimum atomic E-state index is 0.112. The second-order valence-corrected chi connectivity index (χ2v) is 8.21. The van der Waals surface area contributed by atoms with E-state index in [4.69, 9.17) is 20.8 Å². The Labute approximate surface area is 178 Å². The number of hydrogen-bond donors (Lipinski definition) is 0. The number of carbonyl (C=O) groups excluding carboxylic acids is 1. The SMILES string of the molecule is COc1ccc(Cl)cc1CN1CCN(C(=O)Cc2csc(-c3ccco3)n2)CC1. The summed E-state index contributed by atoms with van der Waals surface area (Å²) in [6.07, 6.45) is 1.94. The number of hydrogen-bond acceptors (Lipinski definition) is 6. The van der Waals surface area contributed by atoms with Crippen molar-refractivity contribution in [3.63, 3.8) is 0 Å². The molecule has 3 heterocycles. The van der Waals surface area contributed by atoms with E-state index in [1.807, 2.05) is 40.6 Å². The van der Waals surface area contributed by atoms with Gasteiger partial charge in [-0.2, -0.15) is 0 Å². The summed E-state index contributed by atoms with van der Waals surface area (Å²) in [7, 11) is 1.67. The number of furan rings is 1. The summed E-state index contributed by atoms with van der Waals surface area (Å²) >= 11 is 7.63. The van der Waals surface area contributed by atoms with E-state index in [0.717, 1.165) is 47.4 Å². The van der Waals surface area contributed by atoms with Crippen LogP contribution >= 0.6 is 22.9 Å². The lowest BCUT2D eigenvalue weighted by Gasteiger charge is -2.35. The van der Waals surface area contributed by atoms with Gasteiger partial charge in [-0.1, -0.05) is 11.6 Å². The standard InChI is InChI=1S/C21H22ClN3O3S/c1-27-18-5-4-16(22)11-15(18)13-24-6-8-25(9-7-24)20(26)12-17-14-29-21(23-17)19-3-2-10-28-19/h2-5,10-11,14H,6-9,12-13H2,1H3. The molecule has 1 aliphatic heterocycles. The molecule has 0 radical (unpaired) electrons. The van der Waals surface area contributed by atoms with E-state index in [9.17, 15) is 4.79 Å². The van der Waals surface area contributed by atoms with Crippen LogP contribution in [0.1, 0.15) is 11.3 Å². The molecule has 1 fully saturated rings. The molecule has 0 N–H and O–H groups in total. The Morgan fingerprint density at radius 1 is 1.28 bits per heavy atom. The number of amides is 1. The minimum Gasteiger partial charge on any atom is -0.496 e. The second kappa shape index (κ2) is 8.98. The van der Waals surface area contributed by atoms with E-state index in [-0.39, 0.29) is 5.91 Å². The van der Waals surface area contributed by atoms with Crippen molar-refractivity contribution in [2.24, 2.45) is 0 Å². The Morgan fingerprint density at radius 2 is 2.10 bits per heavy atom. The first-order valence-corrected chi connectivity index (χ1v) is 10.7. The van der Waals surface area contributed by atoms with Crippen LogP contribution in [-0.2, 0) is 17.8 Å². The van der Waals surface area contributed by atoms with Crippen molar-refractivity contribution in [3.8, 4) is 16.5 Å². The zero-order chi connectivity index (χ0) is 20.2. The smallest absolute Gasteiger partial charge is 0.228 e. The van der Waals surface area contributed by atoms with Crippen LogP contribution in [0, 0.1) is 0 Å². The summed E-state index contributed by atoms with van der Waals surface area (Å²) in [6.45, 7) is 3.80. The molecule has 2 aromatic heterocycles. The number of aromatic nitrogens is 1. The molecule has 0 atom stereocenters. The van der Waals surface area contributed by atoms with E-state index < -0.39 is 0 Å². The average molecular weight is 432 g/mol. The number of thiazole rings is 1. The summed E-state index contributed by atoms with van der Waals surface area (Å²) < 4.78 is 10.8. The lowest BCUT2D eigenvalue weighted by atomic mass is 10.1. The van der Waals surface area contributed by atoms with Gasteiger partial charge in [0.15, 0.2) is 10.8 Å². The minimum absolute atomic E-state index is 0.112. The van der Waals surface area contributed by atoms with Gasteiger partial charge in [0, 0.05) is 48.7 Å². The average Bonchev–Trinajstić information content (AvgIpc) is 3.40. The molecular formula is C21H22ClN3O3S. The van der Waals surface area contributed by atoms with Crippen molar-refractivity contribution in [1.82, 2.24) is 14.8 Å². The van der Waals surface area contributed by atoms with E-state index >= 15 is 0 Å². The largest absolute Gasteiger partial charge is 0.496 e. The van der Waals surface area contributed by atoms with Gasteiger partial charge in [-0.25, -0.2) is 4.98 Å². The fourth-order valence-electron chi connectivity index (χ4n) is 3.44. The zero-order valence-electron chi connectivity index (χ0n) is 16.1. The molecule has 8 heteroatoms. The number of benzene rings is 1. The number of methoxy groups -OCH3 is 1. The first kappa shape index (κ1) is 19.9. The Balaban J connectivity index is 1.30. The molecule has 152 valence electrons. The van der Waals surface area contributed by atoms with Gasteiger partial charge in [0.25, 0.3) is 0 Å². The van der Waals surface area contributed by atoms with Gasteiger partial charge in [-0.3, -0.25) is 9.69 Å². The lowest BCUT2D eigenvalue weighted by Crippen LogP contribution is -2.48. The van der Waals surface area contributed by atoms with Crippen LogP contribution in [0.4, 0.5) is 0 Å². The van der Waals surface area contributed by atoms with Crippen molar-refractivity contribution >= 4 is 28.8 Å². The Hall–Kier alpha value is -2.35. The molecule has 0 unspecified atom stereocenters. The van der Waals surface area contributed by atoms with Crippen LogP contribution in [0.5, 0.6) is 5.75 Å². The van der Waals surface area contributed by atoms with Gasteiger partial charge in [-0.15, -0.1) is 11.3 Å². The highest BCUT2D eigenvalue weighted by Gasteiger charge is 2.23. The Kier molecular flexibility index (Phi) is 6.18. The van der Waals surface area contributed by atoms with Crippen LogP contribution in [0.2, 0.25) is 5.02 Å². The van der Waals surface area contributed by atoms with Gasteiger partial charge in [0.05, 0.1) is 25.5 Å². The fraction of sp³-hybridized carbons (Fsp3) is 0.333. The second-order valence-electron chi connectivity index (χ2n) is 6.91. The molecule has 6 nitrogen and oxygen atoms in total. The van der Waals surface area contributed by atoms with E-state index in [1.165, 1.54) is 11.3 Å². The molecular weight excluding hydrogens is 410 g/mol. The predicted molar refractivity (Wildman–Crippen MR) is 113 cm³/mol. The first-order valence-electron chi connectivity index (χ1n) is 9.43. The highest BCUT2D eigenvalue weighted by atomic mass is 35.5. The van der Waals surface area contributed by atoms with Crippen LogP contribution in [-0.4, -0.2) is 54.0 Å². The van der Waals surface area contributed by atoms with Crippen molar-refractivity contribution in [2.45, 2.75) is 13.0 Å². The van der Waals surface area contributed by atoms with Crippen molar-refractivity contribution < 1.29 is 13.9 Å². The van der Waals surface area contributed by atoms with Crippen molar-refractivity contribution in [2.75, 3.05) is 33.3 Å². The van der Waals surface area contributed by atoms with Gasteiger partial charge in [0.2, 0.25) is 5.91 Å². The summed E-state index contributed by atoms with van der Waals surface area (Å²) in [5, 5.41) is 3.43. The predicted octanol–water partition coefficient (Wildman–Crippen LogP) is 3.95. The van der Waals surface area contributed by atoms with E-state index in [2.05, 4.69) is 9.88 Å². The van der Waals surface area contributed by atoms with Crippen LogP contribution in [0.3, 0.4) is 0 Å². The Morgan fingerprint density at radius 3 is 2.83 bits per heavy atom. The third kappa shape index (κ3) is 4.80. The summed E-state index contributed by atoms with van der Waals surface area (Å²) in [5.74, 6) is 1.68. The third-order valence-corrected chi connectivity index (χ3v) is 6.12. The topological polar surface area (TPSA) is 58.8 Å². The molecule has 0 aliphatic carbocycles. The van der Waals surface area contributed by atoms with Crippen LogP contribution < -0.4 is 4.74 Å². The summed E-state index contributed by atoms with van der Waals surface area (Å²) in [4.78, 5) is 21.4. The van der Waals surface area contributed by atoms with E-state index in [1.54, 1.807) is 13.4 Å². The molecule has 1 aromatic carbocycles. The molecule has 29 heavy (non-hydrogen) atoms. The maximum absolute atomic E-state index is 12.7. The number of ether oxygens (including phenoxy) is 1. The van der Waals surface area contributed by atoms with Gasteiger partial charge < -0.3 is 14.1 Å². The molecule has 0 saturated carbocycles. The van der Waals surface area contributed by atoms with Gasteiger partial charge in [-0.05, 0) is 30.3 Å². The number of nitrogens with zero attached hydrogens (tertiary/aromatic N) is 3. The number of carbonyl (C=O) groups is 1. The zero-order valence-corrected chi connectivity index (χ0v) is 17.7. The lowest BCUT2D eigenvalue weighted by molar-refractivity contribution is -0.132. The first-order chi connectivity index (χ1) is 14.1. The molecule has 1 aliphatic rings. The van der Waals surface area contributed by atoms with Gasteiger partial charge in [0.1, 0.15) is 5.75 Å². The normalized spacial score (nSPS) is 14.9. The number of piperazine rings is 1. The van der Waals surface area contributed by atoms with Crippen molar-refractivity contribution in [3.05, 3.63) is 58.3 Å². The molecule has 0 spiro atoms. The van der Waals surface area contributed by atoms with Crippen molar-refractivity contribution in [1.29, 1.82) is 0 Å². The number of rotatable bonds is 6. The third-order valence-electron chi connectivity index (χ3n) is 4.98. The highest BCUT2D eigenvalue weighted by molar-refractivity contribution is 7.13. The fourth-order valence-corrected chi connectivity index (χ4v) is 4.42. The molecule has 1 amide bonds.